The number of carboxylic acid groups (broad SMARTS) is 1. The first-order valence-corrected chi connectivity index (χ1v) is 10.4. The van der Waals surface area contributed by atoms with Crippen molar-refractivity contribution >= 4 is 24.2 Å². The van der Waals surface area contributed by atoms with Gasteiger partial charge in [-0.1, -0.05) is 50.5 Å². The van der Waals surface area contributed by atoms with Gasteiger partial charge in [-0.2, -0.15) is 0 Å². The first-order valence-electron chi connectivity index (χ1n) is 10.4. The predicted molar refractivity (Wildman–Crippen MR) is 111 cm³/mol. The summed E-state index contributed by atoms with van der Waals surface area (Å²) in [6.45, 7) is 2.33. The smallest absolute Gasteiger partial charge is 0.290 e. The molecule has 0 aliphatic carbocycles. The van der Waals surface area contributed by atoms with Crippen molar-refractivity contribution in [3.63, 3.8) is 0 Å². The maximum Gasteiger partial charge on any atom is 0.290 e. The molecule has 2 heterocycles. The van der Waals surface area contributed by atoms with Gasteiger partial charge in [0.15, 0.2) is 0 Å². The van der Waals surface area contributed by atoms with E-state index in [-0.39, 0.29) is 30.6 Å². The summed E-state index contributed by atoms with van der Waals surface area (Å²) in [5.41, 5.74) is 2.38. The zero-order valence-corrected chi connectivity index (χ0v) is 17.3. The van der Waals surface area contributed by atoms with Crippen molar-refractivity contribution in [2.45, 2.75) is 70.9 Å². The Hall–Kier alpha value is -3.14. The van der Waals surface area contributed by atoms with Gasteiger partial charge in [0.2, 0.25) is 11.8 Å². The summed E-state index contributed by atoms with van der Waals surface area (Å²) >= 11 is 0. The lowest BCUT2D eigenvalue weighted by atomic mass is 10.0. The van der Waals surface area contributed by atoms with Crippen molar-refractivity contribution < 1.29 is 24.3 Å². The third kappa shape index (κ3) is 5.93. The fourth-order valence-corrected chi connectivity index (χ4v) is 3.68. The Morgan fingerprint density at radius 1 is 1.20 bits per heavy atom. The zero-order chi connectivity index (χ0) is 21.9. The van der Waals surface area contributed by atoms with Crippen LogP contribution in [0, 0.1) is 11.8 Å². The largest absolute Gasteiger partial charge is 0.483 e. The number of piperidine rings is 1. The van der Waals surface area contributed by atoms with E-state index in [1.165, 1.54) is 25.7 Å². The summed E-state index contributed by atoms with van der Waals surface area (Å²) in [5, 5.41) is 9.22. The first-order chi connectivity index (χ1) is 14.5. The number of fused-ring (bicyclic) bond motifs is 1. The topological polar surface area (TPSA) is 104 Å². The van der Waals surface area contributed by atoms with E-state index in [2.05, 4.69) is 24.1 Å². The molecule has 2 aliphatic rings. The minimum atomic E-state index is -0.582. The number of hydrogen-bond acceptors (Lipinski definition) is 4. The second-order valence-corrected chi connectivity index (χ2v) is 7.30. The minimum absolute atomic E-state index is 0.150. The Kier molecular flexibility index (Phi) is 9.07. The summed E-state index contributed by atoms with van der Waals surface area (Å²) in [6.07, 6.45) is 7.58. The summed E-state index contributed by atoms with van der Waals surface area (Å²) in [6, 6.07) is 4.99. The van der Waals surface area contributed by atoms with Gasteiger partial charge >= 0.3 is 0 Å². The number of unbranched alkanes of at least 4 members (excludes halogenated alkanes) is 5. The summed E-state index contributed by atoms with van der Waals surface area (Å²) in [4.78, 5) is 46.2. The van der Waals surface area contributed by atoms with E-state index in [0.29, 0.717) is 18.5 Å². The van der Waals surface area contributed by atoms with Gasteiger partial charge in [-0.3, -0.25) is 24.5 Å². The first kappa shape index (κ1) is 23.1. The lowest BCUT2D eigenvalue weighted by Crippen LogP contribution is -2.52. The molecule has 1 saturated heterocycles. The van der Waals surface area contributed by atoms with Gasteiger partial charge in [-0.05, 0) is 30.5 Å². The van der Waals surface area contributed by atoms with Gasteiger partial charge in [0.05, 0.1) is 0 Å². The minimum Gasteiger partial charge on any atom is -0.483 e. The van der Waals surface area contributed by atoms with Crippen molar-refractivity contribution in [3.05, 3.63) is 34.9 Å². The maximum absolute atomic E-state index is 12.8. The van der Waals surface area contributed by atoms with Gasteiger partial charge in [0.25, 0.3) is 12.4 Å². The van der Waals surface area contributed by atoms with Crippen LogP contribution in [0.5, 0.6) is 0 Å². The number of carbonyl (C=O) groups is 4. The molecule has 3 amide bonds. The molecule has 2 N–H and O–H groups in total. The number of nitrogens with zero attached hydrogens (tertiary/aromatic N) is 1. The molecule has 1 unspecified atom stereocenters. The lowest BCUT2D eigenvalue weighted by molar-refractivity contribution is -0.137. The van der Waals surface area contributed by atoms with Gasteiger partial charge in [-0.15, -0.1) is 0 Å². The number of benzene rings is 1. The highest BCUT2D eigenvalue weighted by Crippen LogP contribution is 2.29. The van der Waals surface area contributed by atoms with E-state index in [0.717, 1.165) is 24.0 Å². The monoisotopic (exact) mass is 412 g/mol. The Balaban J connectivity index is 0.00000101. The average molecular weight is 412 g/mol. The van der Waals surface area contributed by atoms with Crippen molar-refractivity contribution in [2.24, 2.45) is 0 Å². The summed E-state index contributed by atoms with van der Waals surface area (Å²) in [7, 11) is 0. The Morgan fingerprint density at radius 3 is 2.63 bits per heavy atom. The highest BCUT2D eigenvalue weighted by molar-refractivity contribution is 6.05. The Bertz CT molecular complexity index is 853. The molecule has 1 fully saturated rings. The number of amides is 3. The van der Waals surface area contributed by atoms with Crippen LogP contribution in [-0.4, -0.2) is 40.2 Å². The van der Waals surface area contributed by atoms with E-state index >= 15 is 0 Å². The van der Waals surface area contributed by atoms with Crippen LogP contribution in [0.4, 0.5) is 0 Å². The van der Waals surface area contributed by atoms with Gasteiger partial charge < -0.3 is 10.0 Å². The Morgan fingerprint density at radius 2 is 1.93 bits per heavy atom. The highest BCUT2D eigenvalue weighted by Gasteiger charge is 2.39. The fraction of sp³-hybridized carbons (Fsp3) is 0.478. The van der Waals surface area contributed by atoms with Crippen molar-refractivity contribution in [1.29, 1.82) is 0 Å². The van der Waals surface area contributed by atoms with Gasteiger partial charge in [-0.25, -0.2) is 0 Å². The van der Waals surface area contributed by atoms with Crippen molar-refractivity contribution in [2.75, 3.05) is 0 Å². The molecule has 1 aromatic rings. The van der Waals surface area contributed by atoms with Crippen LogP contribution in [0.15, 0.2) is 18.2 Å². The second-order valence-electron chi connectivity index (χ2n) is 7.30. The predicted octanol–water partition coefficient (Wildman–Crippen LogP) is 2.86. The molecule has 160 valence electrons. The van der Waals surface area contributed by atoms with Crippen LogP contribution < -0.4 is 5.32 Å². The average Bonchev–Trinajstić information content (AvgIpc) is 3.05. The third-order valence-electron chi connectivity index (χ3n) is 5.21. The fourth-order valence-electron chi connectivity index (χ4n) is 3.68. The lowest BCUT2D eigenvalue weighted by Gasteiger charge is -2.29. The molecule has 0 radical (unpaired) electrons. The number of nitrogens with one attached hydrogen (secondary N) is 1. The van der Waals surface area contributed by atoms with Crippen LogP contribution in [0.3, 0.4) is 0 Å². The maximum atomic E-state index is 12.8. The molecule has 0 saturated carbocycles. The van der Waals surface area contributed by atoms with E-state index in [1.54, 1.807) is 11.0 Å². The van der Waals surface area contributed by atoms with Crippen LogP contribution in [0.25, 0.3) is 0 Å². The molecule has 2 aliphatic heterocycles. The molecule has 0 spiro atoms. The molecule has 30 heavy (non-hydrogen) atoms. The van der Waals surface area contributed by atoms with Crippen LogP contribution in [-0.2, 0) is 20.9 Å². The third-order valence-corrected chi connectivity index (χ3v) is 5.21. The number of imide groups is 1. The number of hydrogen-bond donors (Lipinski definition) is 2. The molecule has 0 bridgehead atoms. The summed E-state index contributed by atoms with van der Waals surface area (Å²) in [5.74, 6) is 5.64. The molecule has 1 atom stereocenters. The molecule has 3 rings (SSSR count). The zero-order valence-electron chi connectivity index (χ0n) is 17.3. The SMILES string of the molecule is CCCCCCCC#Cc1cccc2c1CN(C1CCC(=O)NC1=O)C2=O.O=CO. The normalized spacial score (nSPS) is 17.3. The molecule has 0 aromatic heterocycles. The van der Waals surface area contributed by atoms with Crippen molar-refractivity contribution in [1.82, 2.24) is 10.2 Å². The van der Waals surface area contributed by atoms with E-state index in [9.17, 15) is 14.4 Å². The molecule has 1 aromatic carbocycles. The molecule has 7 nitrogen and oxygen atoms in total. The summed E-state index contributed by atoms with van der Waals surface area (Å²) < 4.78 is 0. The molecule has 7 heteroatoms. The van der Waals surface area contributed by atoms with Crippen LogP contribution >= 0.6 is 0 Å². The standard InChI is InChI=1S/C22H26N2O3.CH2O2/c1-2-3-4-5-6-7-8-10-16-11-9-12-17-18(16)15-24(22(17)27)19-13-14-20(25)23-21(19)26;2-1-3/h9,11-12,19H,2-7,13-15H2,1H3,(H,23,25,26);1H,(H,2,3). The van der Waals surface area contributed by atoms with E-state index in [4.69, 9.17) is 9.90 Å². The van der Waals surface area contributed by atoms with E-state index in [1.807, 2.05) is 12.1 Å². The Labute approximate surface area is 176 Å². The van der Waals surface area contributed by atoms with Crippen molar-refractivity contribution in [3.8, 4) is 11.8 Å². The second kappa shape index (κ2) is 11.8. The van der Waals surface area contributed by atoms with Gasteiger partial charge in [0.1, 0.15) is 6.04 Å². The number of carbonyl (C=O) groups excluding carboxylic acids is 3. The highest BCUT2D eigenvalue weighted by atomic mass is 16.3. The molecular formula is C23H28N2O5. The van der Waals surface area contributed by atoms with E-state index < -0.39 is 6.04 Å². The van der Waals surface area contributed by atoms with Gasteiger partial charge in [0, 0.05) is 30.5 Å². The van der Waals surface area contributed by atoms with Crippen LogP contribution in [0.1, 0.15) is 79.8 Å². The number of rotatable bonds is 6. The quantitative estimate of drug-likeness (QED) is 0.324. The van der Waals surface area contributed by atoms with Crippen LogP contribution in [0.2, 0.25) is 0 Å². The molecular weight excluding hydrogens is 384 g/mol.